The molecule has 0 saturated carbocycles. The minimum absolute atomic E-state index is 0.140. The van der Waals surface area contributed by atoms with Gasteiger partial charge in [0.25, 0.3) is 0 Å². The summed E-state index contributed by atoms with van der Waals surface area (Å²) in [6, 6.07) is 0. The fraction of sp³-hybridized carbons (Fsp3) is 0.633. The second-order valence-corrected chi connectivity index (χ2v) is 11.3. The zero-order valence-corrected chi connectivity index (χ0v) is 25.6. The fourth-order valence-electron chi connectivity index (χ4n) is 5.74. The van der Waals surface area contributed by atoms with Gasteiger partial charge in [-0.15, -0.1) is 0 Å². The average Bonchev–Trinajstić information content (AvgIpc) is 2.83. The third kappa shape index (κ3) is 8.51. The molecule has 0 aromatic heterocycles. The third-order valence-electron chi connectivity index (χ3n) is 7.63. The van der Waals surface area contributed by atoms with E-state index in [2.05, 4.69) is 0 Å². The van der Waals surface area contributed by atoms with Gasteiger partial charge in [-0.05, 0) is 42.4 Å². The highest BCUT2D eigenvalue weighted by molar-refractivity contribution is 5.70. The van der Waals surface area contributed by atoms with E-state index >= 15 is 0 Å². The Kier molecular flexibility index (Phi) is 11.7. The molecule has 0 spiro atoms. The molecule has 0 amide bonds. The van der Waals surface area contributed by atoms with E-state index < -0.39 is 71.7 Å². The van der Waals surface area contributed by atoms with E-state index in [1.54, 1.807) is 20.8 Å². The van der Waals surface area contributed by atoms with Crippen LogP contribution in [0.5, 0.6) is 0 Å². The summed E-state index contributed by atoms with van der Waals surface area (Å²) in [5.74, 6) is -4.24. The van der Waals surface area contributed by atoms with Crippen LogP contribution >= 0.6 is 0 Å². The molecule has 12 nitrogen and oxygen atoms in total. The molecule has 234 valence electrons. The number of carbonyl (C=O) groups excluding carboxylic acids is 5. The molecule has 6 unspecified atom stereocenters. The summed E-state index contributed by atoms with van der Waals surface area (Å²) in [6.07, 6.45) is -4.82. The van der Waals surface area contributed by atoms with Crippen molar-refractivity contribution in [2.75, 3.05) is 6.61 Å². The lowest BCUT2D eigenvalue weighted by Crippen LogP contribution is -2.48. The lowest BCUT2D eigenvalue weighted by Gasteiger charge is -2.48. The van der Waals surface area contributed by atoms with Crippen LogP contribution in [0.25, 0.3) is 0 Å². The average molecular weight is 595 g/mol. The molecule has 2 aliphatic rings. The number of ether oxygens (including phenoxy) is 5. The van der Waals surface area contributed by atoms with Crippen molar-refractivity contribution < 1.29 is 57.9 Å². The van der Waals surface area contributed by atoms with Gasteiger partial charge in [0.1, 0.15) is 18.8 Å². The number of aliphatic hydroxyl groups is 2. The number of aliphatic hydroxyl groups excluding tert-OH is 2. The Bertz CT molecular complexity index is 1190. The van der Waals surface area contributed by atoms with E-state index in [-0.39, 0.29) is 36.4 Å². The van der Waals surface area contributed by atoms with Crippen molar-refractivity contribution in [2.24, 2.45) is 11.3 Å². The molecule has 2 N–H and O–H groups in total. The molecule has 0 saturated heterocycles. The maximum absolute atomic E-state index is 12.5. The van der Waals surface area contributed by atoms with Crippen LogP contribution in [-0.2, 0) is 47.7 Å². The van der Waals surface area contributed by atoms with E-state index in [1.807, 2.05) is 0 Å². The van der Waals surface area contributed by atoms with Gasteiger partial charge in [-0.1, -0.05) is 19.9 Å². The van der Waals surface area contributed by atoms with Crippen LogP contribution in [0, 0.1) is 11.3 Å². The van der Waals surface area contributed by atoms with Crippen molar-refractivity contribution in [1.29, 1.82) is 0 Å². The summed E-state index contributed by atoms with van der Waals surface area (Å²) in [7, 11) is 0. The maximum Gasteiger partial charge on any atom is 0.307 e. The molecule has 0 aromatic rings. The van der Waals surface area contributed by atoms with E-state index in [0.29, 0.717) is 11.1 Å². The van der Waals surface area contributed by atoms with Crippen molar-refractivity contribution in [2.45, 2.75) is 106 Å². The van der Waals surface area contributed by atoms with Crippen LogP contribution in [0.2, 0.25) is 0 Å². The second-order valence-electron chi connectivity index (χ2n) is 11.3. The Morgan fingerprint density at radius 3 is 1.79 bits per heavy atom. The van der Waals surface area contributed by atoms with Crippen LogP contribution in [-0.4, -0.2) is 77.2 Å². The van der Waals surface area contributed by atoms with Gasteiger partial charge < -0.3 is 33.9 Å². The summed E-state index contributed by atoms with van der Waals surface area (Å²) in [5, 5.41) is 22.9. The second kappa shape index (κ2) is 14.1. The molecule has 6 atom stereocenters. The minimum atomic E-state index is -1.39. The first-order valence-corrected chi connectivity index (χ1v) is 13.7. The Morgan fingerprint density at radius 1 is 0.786 bits per heavy atom. The van der Waals surface area contributed by atoms with Gasteiger partial charge in [-0.3, -0.25) is 24.0 Å². The first-order chi connectivity index (χ1) is 19.4. The molecule has 0 fully saturated rings. The van der Waals surface area contributed by atoms with Crippen LogP contribution in [0.15, 0.2) is 34.1 Å². The number of rotatable bonds is 6. The van der Waals surface area contributed by atoms with Crippen molar-refractivity contribution in [3.63, 3.8) is 0 Å². The number of hydrogen-bond acceptors (Lipinski definition) is 12. The predicted molar refractivity (Wildman–Crippen MR) is 147 cm³/mol. The topological polar surface area (TPSA) is 172 Å². The molecule has 2 rings (SSSR count). The standard InChI is InChI=1S/C30H42O12/c1-14-25(39-17(4)32)11-22-24(37)10-21(13-38-16(3)31)23(36)12-26(40-18(5)33)15(2)28(41-19(6)34)29(42-20(7)35)27(14)30(22,8)9/h10,22-26,29,36-37H,11-13H2,1-9H3/b21-10-,28-15+. The third-order valence-corrected chi connectivity index (χ3v) is 7.63. The monoisotopic (exact) mass is 594 g/mol. The number of carbonyl (C=O) groups is 5. The Balaban J connectivity index is 3.05. The molecule has 0 radical (unpaired) electrons. The lowest BCUT2D eigenvalue weighted by atomic mass is 9.60. The van der Waals surface area contributed by atoms with Crippen molar-refractivity contribution in [1.82, 2.24) is 0 Å². The SMILES string of the molecule is CC(=O)OC/C1=C/C(O)C2CC(OC(C)=O)C(C)=C(C(OC(C)=O)/C(OC(C)=O)=C(/C)C(OC(C)=O)CC1O)C2(C)C. The highest BCUT2D eigenvalue weighted by Gasteiger charge is 2.50. The molecule has 0 heterocycles. The predicted octanol–water partition coefficient (Wildman–Crippen LogP) is 2.60. The zero-order chi connectivity index (χ0) is 32.1. The Labute approximate surface area is 245 Å². The van der Waals surface area contributed by atoms with Gasteiger partial charge in [-0.25, -0.2) is 0 Å². The van der Waals surface area contributed by atoms with Gasteiger partial charge >= 0.3 is 29.8 Å². The van der Waals surface area contributed by atoms with Crippen LogP contribution < -0.4 is 0 Å². The molecular weight excluding hydrogens is 552 g/mol. The van der Waals surface area contributed by atoms with Crippen molar-refractivity contribution in [3.05, 3.63) is 34.1 Å². The van der Waals surface area contributed by atoms with Gasteiger partial charge in [0, 0.05) is 52.5 Å². The van der Waals surface area contributed by atoms with Crippen LogP contribution in [0.1, 0.15) is 75.2 Å². The molecule has 12 heteroatoms. The quantitative estimate of drug-likeness (QED) is 0.262. The van der Waals surface area contributed by atoms with Gasteiger partial charge in [0.05, 0.1) is 12.2 Å². The van der Waals surface area contributed by atoms with Gasteiger partial charge in [0.15, 0.2) is 11.9 Å². The zero-order valence-electron chi connectivity index (χ0n) is 25.6. The fourth-order valence-corrected chi connectivity index (χ4v) is 5.74. The van der Waals surface area contributed by atoms with Gasteiger partial charge in [-0.2, -0.15) is 0 Å². The van der Waals surface area contributed by atoms with Crippen LogP contribution in [0.4, 0.5) is 0 Å². The molecular formula is C30H42O12. The summed E-state index contributed by atoms with van der Waals surface area (Å²) in [4.78, 5) is 60.8. The molecule has 0 aromatic carbocycles. The van der Waals surface area contributed by atoms with Gasteiger partial charge in [0.2, 0.25) is 0 Å². The maximum atomic E-state index is 12.5. The highest BCUT2D eigenvalue weighted by atomic mass is 16.6. The Morgan fingerprint density at radius 2 is 1.31 bits per heavy atom. The number of fused-ring (bicyclic) bond motifs is 2. The molecule has 2 bridgehead atoms. The van der Waals surface area contributed by atoms with E-state index in [9.17, 15) is 34.2 Å². The minimum Gasteiger partial charge on any atom is -0.461 e. The molecule has 42 heavy (non-hydrogen) atoms. The summed E-state index contributed by atoms with van der Waals surface area (Å²) < 4.78 is 27.7. The Hall–Kier alpha value is -3.51. The van der Waals surface area contributed by atoms with E-state index in [4.69, 9.17) is 23.7 Å². The lowest BCUT2D eigenvalue weighted by molar-refractivity contribution is -0.152. The first kappa shape index (κ1) is 34.7. The first-order valence-electron chi connectivity index (χ1n) is 13.7. The summed E-state index contributed by atoms with van der Waals surface area (Å²) >= 11 is 0. The van der Waals surface area contributed by atoms with Crippen molar-refractivity contribution in [3.8, 4) is 0 Å². The largest absolute Gasteiger partial charge is 0.461 e. The van der Waals surface area contributed by atoms with Crippen LogP contribution in [0.3, 0.4) is 0 Å². The number of hydrogen-bond donors (Lipinski definition) is 2. The molecule has 0 aliphatic heterocycles. The van der Waals surface area contributed by atoms with Crippen molar-refractivity contribution >= 4 is 29.8 Å². The smallest absolute Gasteiger partial charge is 0.307 e. The molecule has 2 aliphatic carbocycles. The summed E-state index contributed by atoms with van der Waals surface area (Å²) in [6.45, 7) is 12.4. The number of esters is 5. The normalized spacial score (nSPS) is 30.9. The van der Waals surface area contributed by atoms with E-state index in [0.717, 1.165) is 13.8 Å². The van der Waals surface area contributed by atoms with E-state index in [1.165, 1.54) is 33.8 Å². The highest BCUT2D eigenvalue weighted by Crippen LogP contribution is 2.51. The summed E-state index contributed by atoms with van der Waals surface area (Å²) in [5.41, 5.74) is 0.234.